The normalized spacial score (nSPS) is 15.6. The first-order valence-electron chi connectivity index (χ1n) is 8.91. The minimum atomic E-state index is -0.820. The van der Waals surface area contributed by atoms with E-state index in [1.807, 2.05) is 42.5 Å². The summed E-state index contributed by atoms with van der Waals surface area (Å²) in [7, 11) is 1.66. The van der Waals surface area contributed by atoms with Gasteiger partial charge in [-0.15, -0.1) is 12.4 Å². The van der Waals surface area contributed by atoms with E-state index in [1.165, 1.54) is 4.90 Å². The van der Waals surface area contributed by atoms with Crippen LogP contribution in [0.3, 0.4) is 0 Å². The summed E-state index contributed by atoms with van der Waals surface area (Å²) in [5, 5.41) is 6.52. The molecule has 4 rings (SSSR count). The van der Waals surface area contributed by atoms with E-state index in [4.69, 9.17) is 9.26 Å². The van der Waals surface area contributed by atoms with Crippen molar-refractivity contribution < 1.29 is 18.8 Å². The molecule has 1 aliphatic rings. The number of rotatable bonds is 4. The highest BCUT2D eigenvalue weighted by molar-refractivity contribution is 6.02. The molecule has 29 heavy (non-hydrogen) atoms. The molecule has 0 spiro atoms. The van der Waals surface area contributed by atoms with Crippen molar-refractivity contribution in [3.8, 4) is 5.75 Å². The Morgan fingerprint density at radius 3 is 2.69 bits per heavy atom. The summed E-state index contributed by atoms with van der Waals surface area (Å²) in [5.74, 6) is 0.432. The van der Waals surface area contributed by atoms with Crippen LogP contribution in [0.1, 0.15) is 21.8 Å². The summed E-state index contributed by atoms with van der Waals surface area (Å²) in [4.78, 5) is 26.7. The number of fused-ring (bicyclic) bond motifs is 1. The van der Waals surface area contributed by atoms with Crippen LogP contribution >= 0.6 is 12.4 Å². The molecule has 2 aromatic carbocycles. The van der Waals surface area contributed by atoms with Crippen molar-refractivity contribution in [2.75, 3.05) is 18.6 Å². The molecule has 0 fully saturated rings. The third-order valence-corrected chi connectivity index (χ3v) is 4.58. The van der Waals surface area contributed by atoms with Gasteiger partial charge in [0.2, 0.25) is 0 Å². The highest BCUT2D eigenvalue weighted by atomic mass is 35.5. The zero-order chi connectivity index (χ0) is 19.5. The number of nitrogens with one attached hydrogen (secondary N) is 1. The molecule has 0 bridgehead atoms. The maximum absolute atomic E-state index is 12.7. The van der Waals surface area contributed by atoms with Crippen molar-refractivity contribution >= 4 is 29.9 Å². The van der Waals surface area contributed by atoms with Gasteiger partial charge in [0, 0.05) is 19.5 Å². The average Bonchev–Trinajstić information content (AvgIpc) is 3.15. The molecule has 7 nitrogen and oxygen atoms in total. The summed E-state index contributed by atoms with van der Waals surface area (Å²) in [5.41, 5.74) is 1.84. The minimum Gasteiger partial charge on any atom is -0.489 e. The van der Waals surface area contributed by atoms with E-state index in [-0.39, 0.29) is 30.6 Å². The van der Waals surface area contributed by atoms with Crippen molar-refractivity contribution in [2.45, 2.75) is 12.5 Å². The van der Waals surface area contributed by atoms with Crippen molar-refractivity contribution in [1.29, 1.82) is 0 Å². The lowest BCUT2D eigenvalue weighted by atomic mass is 10.1. The molecule has 0 radical (unpaired) electrons. The van der Waals surface area contributed by atoms with Crippen LogP contribution in [0, 0.1) is 0 Å². The van der Waals surface area contributed by atoms with Gasteiger partial charge in [-0.1, -0.05) is 47.6 Å². The van der Waals surface area contributed by atoms with Crippen LogP contribution in [0.2, 0.25) is 0 Å². The van der Waals surface area contributed by atoms with Crippen LogP contribution in [0.4, 0.5) is 5.69 Å². The van der Waals surface area contributed by atoms with Crippen molar-refractivity contribution in [3.63, 3.8) is 0 Å². The quantitative estimate of drug-likeness (QED) is 0.711. The summed E-state index contributed by atoms with van der Waals surface area (Å²) in [6.45, 7) is 0.0423. The molecular weight excluding hydrogens is 394 g/mol. The monoisotopic (exact) mass is 413 g/mol. The van der Waals surface area contributed by atoms with Gasteiger partial charge in [0.15, 0.2) is 5.69 Å². The lowest BCUT2D eigenvalue weighted by Crippen LogP contribution is -2.49. The van der Waals surface area contributed by atoms with Gasteiger partial charge in [-0.05, 0) is 17.7 Å². The SMILES string of the molecule is CN1C(=O)[C@@H](NC(=O)c2cc(Cc3ccccc3)on2)COc2ccccc21.Cl. The van der Waals surface area contributed by atoms with Crippen LogP contribution in [0.5, 0.6) is 5.75 Å². The van der Waals surface area contributed by atoms with Crippen LogP contribution in [0.25, 0.3) is 0 Å². The number of benzene rings is 2. The van der Waals surface area contributed by atoms with Gasteiger partial charge in [-0.2, -0.15) is 0 Å². The molecule has 0 unspecified atom stereocenters. The Morgan fingerprint density at radius 1 is 1.17 bits per heavy atom. The number of likely N-dealkylation sites (N-methyl/N-ethyl adjacent to an activating group) is 1. The summed E-state index contributed by atoms with van der Waals surface area (Å²) >= 11 is 0. The maximum Gasteiger partial charge on any atom is 0.274 e. The lowest BCUT2D eigenvalue weighted by molar-refractivity contribution is -0.120. The number of hydrogen-bond acceptors (Lipinski definition) is 5. The molecule has 0 aliphatic carbocycles. The predicted molar refractivity (Wildman–Crippen MR) is 110 cm³/mol. The number of carbonyl (C=O) groups excluding carboxylic acids is 2. The zero-order valence-corrected chi connectivity index (χ0v) is 16.5. The van der Waals surface area contributed by atoms with Crippen molar-refractivity contribution in [3.05, 3.63) is 77.7 Å². The number of aromatic nitrogens is 1. The van der Waals surface area contributed by atoms with Crippen molar-refractivity contribution in [1.82, 2.24) is 10.5 Å². The molecule has 1 atom stereocenters. The second kappa shape index (κ2) is 8.79. The molecule has 2 amide bonds. The number of para-hydroxylation sites is 2. The van der Waals surface area contributed by atoms with E-state index >= 15 is 0 Å². The summed E-state index contributed by atoms with van der Waals surface area (Å²) in [6, 6.07) is 17.8. The Kier molecular flexibility index (Phi) is 6.19. The minimum absolute atomic E-state index is 0. The second-order valence-corrected chi connectivity index (χ2v) is 6.54. The first-order valence-corrected chi connectivity index (χ1v) is 8.91. The lowest BCUT2D eigenvalue weighted by Gasteiger charge is -2.19. The van der Waals surface area contributed by atoms with E-state index in [2.05, 4.69) is 10.5 Å². The number of anilines is 1. The Morgan fingerprint density at radius 2 is 1.90 bits per heavy atom. The van der Waals surface area contributed by atoms with Gasteiger partial charge in [0.1, 0.15) is 24.2 Å². The number of carbonyl (C=O) groups is 2. The highest BCUT2D eigenvalue weighted by Gasteiger charge is 2.31. The van der Waals surface area contributed by atoms with Crippen molar-refractivity contribution in [2.24, 2.45) is 0 Å². The topological polar surface area (TPSA) is 84.7 Å². The molecule has 150 valence electrons. The summed E-state index contributed by atoms with van der Waals surface area (Å²) in [6.07, 6.45) is 0.532. The van der Waals surface area contributed by atoms with E-state index in [0.717, 1.165) is 5.56 Å². The molecule has 3 aromatic rings. The van der Waals surface area contributed by atoms with E-state index in [0.29, 0.717) is 23.6 Å². The number of hydrogen-bond donors (Lipinski definition) is 1. The van der Waals surface area contributed by atoms with E-state index in [9.17, 15) is 9.59 Å². The van der Waals surface area contributed by atoms with E-state index in [1.54, 1.807) is 25.2 Å². The fourth-order valence-electron chi connectivity index (χ4n) is 3.09. The fourth-order valence-corrected chi connectivity index (χ4v) is 3.09. The first kappa shape index (κ1) is 20.4. The van der Waals surface area contributed by atoms with E-state index < -0.39 is 11.9 Å². The van der Waals surface area contributed by atoms with Crippen LogP contribution < -0.4 is 15.0 Å². The zero-order valence-electron chi connectivity index (χ0n) is 15.7. The smallest absolute Gasteiger partial charge is 0.274 e. The van der Waals surface area contributed by atoms with Crippen LogP contribution in [0.15, 0.2) is 65.2 Å². The standard InChI is InChI=1S/C21H19N3O4.ClH/c1-24-18-9-5-6-10-19(18)27-13-17(21(24)26)22-20(25)16-12-15(28-23-16)11-14-7-3-2-4-8-14;/h2-10,12,17H,11,13H2,1H3,(H,22,25);1H/t17-;/m0./s1. The third-order valence-electron chi connectivity index (χ3n) is 4.58. The predicted octanol–water partition coefficient (Wildman–Crippen LogP) is 2.84. The molecular formula is C21H20ClN3O4. The molecule has 2 heterocycles. The Hall–Kier alpha value is -3.32. The van der Waals surface area contributed by atoms with Gasteiger partial charge in [-0.25, -0.2) is 0 Å². The molecule has 1 aromatic heterocycles. The highest BCUT2D eigenvalue weighted by Crippen LogP contribution is 2.29. The summed E-state index contributed by atoms with van der Waals surface area (Å²) < 4.78 is 11.0. The average molecular weight is 414 g/mol. The fraction of sp³-hybridized carbons (Fsp3) is 0.190. The molecule has 0 saturated carbocycles. The molecule has 8 heteroatoms. The molecule has 1 aliphatic heterocycles. The van der Waals surface area contributed by atoms with Crippen LogP contribution in [-0.2, 0) is 11.2 Å². The maximum atomic E-state index is 12.7. The first-order chi connectivity index (χ1) is 13.6. The van der Waals surface area contributed by atoms with Gasteiger partial charge in [0.05, 0.1) is 5.69 Å². The Labute approximate surface area is 174 Å². The Bertz CT molecular complexity index is 1010. The van der Waals surface area contributed by atoms with Gasteiger partial charge >= 0.3 is 0 Å². The molecule has 1 N–H and O–H groups in total. The number of nitrogens with zero attached hydrogens (tertiary/aromatic N) is 2. The molecule has 0 saturated heterocycles. The third kappa shape index (κ3) is 4.41. The van der Waals surface area contributed by atoms with Gasteiger partial charge < -0.3 is 19.5 Å². The van der Waals surface area contributed by atoms with Gasteiger partial charge in [0.25, 0.3) is 11.8 Å². The second-order valence-electron chi connectivity index (χ2n) is 6.54. The number of halogens is 1. The number of ether oxygens (including phenoxy) is 1. The largest absolute Gasteiger partial charge is 0.489 e. The number of amides is 2. The Balaban J connectivity index is 0.00000240. The van der Waals surface area contributed by atoms with Gasteiger partial charge in [-0.3, -0.25) is 9.59 Å². The van der Waals surface area contributed by atoms with Crippen LogP contribution in [-0.4, -0.2) is 36.7 Å².